The predicted octanol–water partition coefficient (Wildman–Crippen LogP) is 5.58. The van der Waals surface area contributed by atoms with Gasteiger partial charge in [0.05, 0.1) is 11.3 Å². The molecule has 0 unspecified atom stereocenters. The van der Waals surface area contributed by atoms with E-state index in [1.807, 2.05) is 12.4 Å². The van der Waals surface area contributed by atoms with Gasteiger partial charge in [-0.3, -0.25) is 4.98 Å². The molecule has 5 heteroatoms. The van der Waals surface area contributed by atoms with Crippen LogP contribution in [0.25, 0.3) is 10.1 Å². The van der Waals surface area contributed by atoms with Gasteiger partial charge in [-0.05, 0) is 34.1 Å². The number of pyridine rings is 1. The molecule has 0 bridgehead atoms. The molecular formula is C14H20BrNOSSi. The average Bonchev–Trinajstić information content (AvgIpc) is 2.68. The van der Waals surface area contributed by atoms with Gasteiger partial charge in [-0.25, -0.2) is 0 Å². The molecule has 0 amide bonds. The lowest BCUT2D eigenvalue weighted by Crippen LogP contribution is -2.40. The van der Waals surface area contributed by atoms with Gasteiger partial charge in [0.2, 0.25) is 0 Å². The highest BCUT2D eigenvalue weighted by Crippen LogP contribution is 2.38. The SMILES string of the molecule is CC(C)(C)[Si](C)(C)OCc1cncc2scc(Br)c12. The van der Waals surface area contributed by atoms with Crippen molar-refractivity contribution < 1.29 is 4.43 Å². The van der Waals surface area contributed by atoms with Crippen LogP contribution >= 0.6 is 27.3 Å². The number of halogens is 1. The van der Waals surface area contributed by atoms with E-state index in [2.05, 4.69) is 60.2 Å². The summed E-state index contributed by atoms with van der Waals surface area (Å²) in [6, 6.07) is 0. The minimum atomic E-state index is -1.71. The van der Waals surface area contributed by atoms with E-state index in [1.165, 1.54) is 15.6 Å². The van der Waals surface area contributed by atoms with Gasteiger partial charge in [0.25, 0.3) is 0 Å². The summed E-state index contributed by atoms with van der Waals surface area (Å²) in [5, 5.41) is 3.60. The van der Waals surface area contributed by atoms with Crippen LogP contribution in [0.4, 0.5) is 0 Å². The molecule has 0 spiro atoms. The number of thiophene rings is 1. The number of hydrogen-bond donors (Lipinski definition) is 0. The lowest BCUT2D eigenvalue weighted by atomic mass is 10.2. The van der Waals surface area contributed by atoms with Crippen molar-refractivity contribution in [1.82, 2.24) is 4.98 Å². The Morgan fingerprint density at radius 3 is 2.63 bits per heavy atom. The smallest absolute Gasteiger partial charge is 0.192 e. The van der Waals surface area contributed by atoms with Gasteiger partial charge in [0.15, 0.2) is 8.32 Å². The second-order valence-corrected chi connectivity index (χ2v) is 12.9. The maximum absolute atomic E-state index is 6.30. The van der Waals surface area contributed by atoms with Crippen molar-refractivity contribution in [1.29, 1.82) is 0 Å². The Labute approximate surface area is 128 Å². The zero-order valence-corrected chi connectivity index (χ0v) is 15.5. The topological polar surface area (TPSA) is 22.1 Å². The minimum Gasteiger partial charge on any atom is -0.412 e. The molecule has 0 atom stereocenters. The first kappa shape index (κ1) is 15.2. The van der Waals surface area contributed by atoms with E-state index < -0.39 is 8.32 Å². The molecule has 19 heavy (non-hydrogen) atoms. The Bertz CT molecular complexity index is 589. The number of aromatic nitrogens is 1. The Morgan fingerprint density at radius 2 is 2.00 bits per heavy atom. The zero-order chi connectivity index (χ0) is 14.3. The molecule has 0 aliphatic heterocycles. The lowest BCUT2D eigenvalue weighted by Gasteiger charge is -2.36. The van der Waals surface area contributed by atoms with Crippen LogP contribution in [-0.4, -0.2) is 13.3 Å². The van der Waals surface area contributed by atoms with Gasteiger partial charge in [-0.15, -0.1) is 11.3 Å². The number of fused-ring (bicyclic) bond motifs is 1. The molecule has 0 saturated heterocycles. The quantitative estimate of drug-likeness (QED) is 0.668. The summed E-state index contributed by atoms with van der Waals surface area (Å²) in [6.45, 7) is 12.0. The van der Waals surface area contributed by atoms with E-state index in [1.54, 1.807) is 11.3 Å². The number of hydrogen-bond acceptors (Lipinski definition) is 3. The molecule has 0 saturated carbocycles. The second kappa shape index (κ2) is 5.28. The van der Waals surface area contributed by atoms with Crippen LogP contribution in [0, 0.1) is 0 Å². The molecule has 2 aromatic rings. The van der Waals surface area contributed by atoms with Crippen molar-refractivity contribution in [3.63, 3.8) is 0 Å². The van der Waals surface area contributed by atoms with Crippen LogP contribution in [0.15, 0.2) is 22.2 Å². The molecule has 0 aromatic carbocycles. The Morgan fingerprint density at radius 1 is 1.32 bits per heavy atom. The average molecular weight is 358 g/mol. The Kier molecular flexibility index (Phi) is 4.21. The Hall–Kier alpha value is -0.233. The molecule has 2 heterocycles. The van der Waals surface area contributed by atoms with Crippen LogP contribution in [-0.2, 0) is 11.0 Å². The fourth-order valence-electron chi connectivity index (χ4n) is 1.60. The molecule has 0 fully saturated rings. The summed E-state index contributed by atoms with van der Waals surface area (Å²) in [7, 11) is -1.71. The van der Waals surface area contributed by atoms with Gasteiger partial charge >= 0.3 is 0 Å². The van der Waals surface area contributed by atoms with Crippen molar-refractivity contribution in [2.24, 2.45) is 0 Å². The van der Waals surface area contributed by atoms with Gasteiger partial charge in [-0.1, -0.05) is 20.8 Å². The summed E-state index contributed by atoms with van der Waals surface area (Å²) in [4.78, 5) is 4.31. The molecular weight excluding hydrogens is 338 g/mol. The molecule has 0 radical (unpaired) electrons. The predicted molar refractivity (Wildman–Crippen MR) is 89.3 cm³/mol. The van der Waals surface area contributed by atoms with Crippen LogP contribution in [0.3, 0.4) is 0 Å². The maximum Gasteiger partial charge on any atom is 0.192 e. The summed E-state index contributed by atoms with van der Waals surface area (Å²) in [6.07, 6.45) is 3.84. The first-order valence-corrected chi connectivity index (χ1v) is 10.9. The van der Waals surface area contributed by atoms with Crippen molar-refractivity contribution in [3.8, 4) is 0 Å². The lowest BCUT2D eigenvalue weighted by molar-refractivity contribution is 0.277. The van der Waals surface area contributed by atoms with Crippen LogP contribution < -0.4 is 0 Å². The van der Waals surface area contributed by atoms with Crippen molar-refractivity contribution in [2.45, 2.75) is 45.5 Å². The third-order valence-electron chi connectivity index (χ3n) is 3.91. The van der Waals surface area contributed by atoms with Gasteiger partial charge in [-0.2, -0.15) is 0 Å². The highest BCUT2D eigenvalue weighted by molar-refractivity contribution is 9.10. The van der Waals surface area contributed by atoms with Crippen LogP contribution in [0.2, 0.25) is 18.1 Å². The Balaban J connectivity index is 2.26. The fourth-order valence-corrected chi connectivity index (χ4v) is 4.26. The molecule has 2 rings (SSSR count). The second-order valence-electron chi connectivity index (χ2n) is 6.30. The van der Waals surface area contributed by atoms with Crippen LogP contribution in [0.1, 0.15) is 26.3 Å². The van der Waals surface area contributed by atoms with Crippen LogP contribution in [0.5, 0.6) is 0 Å². The maximum atomic E-state index is 6.30. The zero-order valence-electron chi connectivity index (χ0n) is 12.1. The molecule has 2 nitrogen and oxygen atoms in total. The summed E-state index contributed by atoms with van der Waals surface area (Å²) in [5.74, 6) is 0. The van der Waals surface area contributed by atoms with Gasteiger partial charge in [0, 0.05) is 33.2 Å². The highest BCUT2D eigenvalue weighted by atomic mass is 79.9. The van der Waals surface area contributed by atoms with Crippen molar-refractivity contribution >= 4 is 45.7 Å². The molecule has 0 aliphatic carbocycles. The number of nitrogens with zero attached hydrogens (tertiary/aromatic N) is 1. The molecule has 2 aromatic heterocycles. The first-order valence-electron chi connectivity index (χ1n) is 6.36. The van der Waals surface area contributed by atoms with Gasteiger partial charge < -0.3 is 4.43 Å². The normalized spacial score (nSPS) is 13.2. The van der Waals surface area contributed by atoms with E-state index in [-0.39, 0.29) is 5.04 Å². The van der Waals surface area contributed by atoms with Crippen molar-refractivity contribution in [2.75, 3.05) is 0 Å². The van der Waals surface area contributed by atoms with Crippen molar-refractivity contribution in [3.05, 3.63) is 27.8 Å². The summed E-state index contributed by atoms with van der Waals surface area (Å²) < 4.78 is 8.65. The first-order chi connectivity index (χ1) is 8.72. The molecule has 0 N–H and O–H groups in total. The standard InChI is InChI=1S/C14H20BrNOSSi/c1-14(2,3)19(4,5)17-8-10-6-16-7-12-13(10)11(15)9-18-12/h6-7,9H,8H2,1-5H3. The van der Waals surface area contributed by atoms with E-state index in [4.69, 9.17) is 4.43 Å². The summed E-state index contributed by atoms with van der Waals surface area (Å²) in [5.41, 5.74) is 1.18. The van der Waals surface area contributed by atoms with Gasteiger partial charge in [0.1, 0.15) is 0 Å². The third-order valence-corrected chi connectivity index (χ3v) is 10.2. The third kappa shape index (κ3) is 3.10. The van der Waals surface area contributed by atoms with E-state index >= 15 is 0 Å². The fraction of sp³-hybridized carbons (Fsp3) is 0.500. The monoisotopic (exact) mass is 357 g/mol. The molecule has 104 valence electrons. The minimum absolute atomic E-state index is 0.236. The number of rotatable bonds is 3. The largest absolute Gasteiger partial charge is 0.412 e. The summed E-state index contributed by atoms with van der Waals surface area (Å²) >= 11 is 5.33. The highest BCUT2D eigenvalue weighted by Gasteiger charge is 2.37. The molecule has 0 aliphatic rings. The van der Waals surface area contributed by atoms with E-state index in [0.29, 0.717) is 6.61 Å². The van der Waals surface area contributed by atoms with E-state index in [0.717, 1.165) is 4.47 Å². The van der Waals surface area contributed by atoms with E-state index in [9.17, 15) is 0 Å².